The van der Waals surface area contributed by atoms with Gasteiger partial charge in [0.15, 0.2) is 0 Å². The van der Waals surface area contributed by atoms with Gasteiger partial charge in [-0.05, 0) is 19.2 Å². The molecule has 0 amide bonds. The van der Waals surface area contributed by atoms with E-state index in [1.807, 2.05) is 6.92 Å². The zero-order chi connectivity index (χ0) is 14.6. The average Bonchev–Trinajstić information content (AvgIpc) is 3.08. The van der Waals surface area contributed by atoms with E-state index in [0.717, 1.165) is 12.2 Å². The van der Waals surface area contributed by atoms with Crippen molar-refractivity contribution in [2.75, 3.05) is 7.05 Å². The van der Waals surface area contributed by atoms with Crippen molar-refractivity contribution in [3.05, 3.63) is 35.7 Å². The van der Waals surface area contributed by atoms with Gasteiger partial charge in [0.25, 0.3) is 10.0 Å². The van der Waals surface area contributed by atoms with Gasteiger partial charge in [0.2, 0.25) is 11.0 Å². The van der Waals surface area contributed by atoms with Crippen molar-refractivity contribution in [1.82, 2.24) is 15.0 Å². The normalized spacial score (nSPS) is 11.9. The van der Waals surface area contributed by atoms with Gasteiger partial charge in [-0.2, -0.15) is 0 Å². The Morgan fingerprint density at radius 1 is 1.20 bits per heavy atom. The van der Waals surface area contributed by atoms with Crippen molar-refractivity contribution in [3.8, 4) is 0 Å². The van der Waals surface area contributed by atoms with E-state index in [4.69, 9.17) is 8.83 Å². The summed E-state index contributed by atoms with van der Waals surface area (Å²) in [5.74, 6) is 1.96. The van der Waals surface area contributed by atoms with Crippen LogP contribution in [0.3, 0.4) is 0 Å². The Morgan fingerprint density at radius 2 is 2.00 bits per heavy atom. The lowest BCUT2D eigenvalue weighted by molar-refractivity contribution is 0.388. The number of sulfonamides is 1. The first-order valence-electron chi connectivity index (χ1n) is 6.21. The van der Waals surface area contributed by atoms with Crippen LogP contribution in [0.5, 0.6) is 0 Å². The molecule has 0 aliphatic carbocycles. The smallest absolute Gasteiger partial charge is 0.273 e. The molecule has 2 aromatic heterocycles. The van der Waals surface area contributed by atoms with Gasteiger partial charge in [0, 0.05) is 6.42 Å². The van der Waals surface area contributed by atoms with Gasteiger partial charge in [0.05, 0.1) is 19.3 Å². The fraction of sp³-hybridized carbons (Fsp3) is 0.417. The predicted octanol–water partition coefficient (Wildman–Crippen LogP) is 1.03. The molecule has 0 saturated carbocycles. The average molecular weight is 299 g/mol. The summed E-state index contributed by atoms with van der Waals surface area (Å²) in [6, 6.07) is 3.04. The van der Waals surface area contributed by atoms with Gasteiger partial charge in [-0.25, -0.2) is 18.1 Å². The number of furan rings is 1. The van der Waals surface area contributed by atoms with E-state index in [9.17, 15) is 8.42 Å². The van der Waals surface area contributed by atoms with Crippen molar-refractivity contribution in [1.29, 1.82) is 0 Å². The van der Waals surface area contributed by atoms with Crippen LogP contribution in [0.25, 0.3) is 0 Å². The molecule has 0 fully saturated rings. The van der Waals surface area contributed by atoms with E-state index < -0.39 is 10.0 Å². The zero-order valence-electron chi connectivity index (χ0n) is 11.3. The van der Waals surface area contributed by atoms with E-state index in [2.05, 4.69) is 15.0 Å². The van der Waals surface area contributed by atoms with E-state index in [1.54, 1.807) is 12.3 Å². The molecule has 0 atom stereocenters. The second kappa shape index (κ2) is 6.21. The molecule has 0 spiro atoms. The quantitative estimate of drug-likeness (QED) is 0.792. The van der Waals surface area contributed by atoms with Crippen LogP contribution in [0.4, 0.5) is 0 Å². The lowest BCUT2D eigenvalue weighted by Crippen LogP contribution is -2.17. The van der Waals surface area contributed by atoms with Crippen LogP contribution in [-0.4, -0.2) is 20.4 Å². The highest BCUT2D eigenvalue weighted by atomic mass is 32.2. The third-order valence-electron chi connectivity index (χ3n) is 2.70. The van der Waals surface area contributed by atoms with E-state index in [0.29, 0.717) is 24.7 Å². The van der Waals surface area contributed by atoms with Crippen LogP contribution < -0.4 is 10.0 Å². The Kier molecular flexibility index (Phi) is 4.58. The molecule has 0 bridgehead atoms. The second-order valence-electron chi connectivity index (χ2n) is 4.11. The van der Waals surface area contributed by atoms with Crippen molar-refractivity contribution in [3.63, 3.8) is 0 Å². The lowest BCUT2D eigenvalue weighted by Gasteiger charge is -2.00. The van der Waals surface area contributed by atoms with Crippen LogP contribution in [0.2, 0.25) is 0 Å². The lowest BCUT2D eigenvalue weighted by atomic mass is 10.4. The summed E-state index contributed by atoms with van der Waals surface area (Å²) in [7, 11) is -2.19. The number of oxazole rings is 1. The van der Waals surface area contributed by atoms with Crippen molar-refractivity contribution in [2.45, 2.75) is 31.5 Å². The molecule has 2 N–H and O–H groups in total. The molecule has 2 rings (SSSR count). The summed E-state index contributed by atoms with van der Waals surface area (Å²) in [5.41, 5.74) is 0. The predicted molar refractivity (Wildman–Crippen MR) is 71.4 cm³/mol. The van der Waals surface area contributed by atoms with Crippen LogP contribution in [-0.2, 0) is 29.5 Å². The summed E-state index contributed by atoms with van der Waals surface area (Å²) in [4.78, 5) is 4.11. The maximum atomic E-state index is 11.5. The summed E-state index contributed by atoms with van der Waals surface area (Å²) < 4.78 is 35.9. The number of nitrogens with zero attached hydrogens (tertiary/aromatic N) is 1. The Hall–Kier alpha value is -1.64. The molecule has 8 heteroatoms. The van der Waals surface area contributed by atoms with E-state index in [-0.39, 0.29) is 5.09 Å². The number of hydrogen-bond acceptors (Lipinski definition) is 6. The molecule has 2 heterocycles. The number of nitrogens with one attached hydrogen (secondary N) is 2. The first-order valence-corrected chi connectivity index (χ1v) is 7.70. The second-order valence-corrected chi connectivity index (χ2v) is 5.92. The fourth-order valence-corrected chi connectivity index (χ4v) is 2.25. The van der Waals surface area contributed by atoms with Crippen LogP contribution >= 0.6 is 0 Å². The zero-order valence-corrected chi connectivity index (χ0v) is 12.2. The Bertz CT molecular complexity index is 660. The molecule has 0 unspecified atom stereocenters. The SMILES string of the molecule is CCc1cnc(CNCc2ccc(S(=O)(=O)NC)o2)o1. The minimum atomic E-state index is -3.53. The molecule has 0 radical (unpaired) electrons. The molecule has 0 saturated heterocycles. The molecule has 110 valence electrons. The van der Waals surface area contributed by atoms with E-state index in [1.165, 1.54) is 13.1 Å². The fourth-order valence-electron chi connectivity index (χ4n) is 1.58. The first kappa shape index (κ1) is 14.8. The van der Waals surface area contributed by atoms with Crippen molar-refractivity contribution >= 4 is 10.0 Å². The molecule has 7 nitrogen and oxygen atoms in total. The maximum absolute atomic E-state index is 11.5. The molecule has 0 aromatic carbocycles. The Balaban J connectivity index is 1.88. The minimum absolute atomic E-state index is 0.0961. The highest BCUT2D eigenvalue weighted by molar-refractivity contribution is 7.89. The van der Waals surface area contributed by atoms with Crippen LogP contribution in [0, 0.1) is 0 Å². The summed E-state index contributed by atoms with van der Waals surface area (Å²) >= 11 is 0. The number of aryl methyl sites for hydroxylation is 1. The number of rotatable bonds is 7. The van der Waals surface area contributed by atoms with Gasteiger partial charge in [-0.1, -0.05) is 6.92 Å². The van der Waals surface area contributed by atoms with Crippen molar-refractivity contribution < 1.29 is 17.3 Å². The first-order chi connectivity index (χ1) is 9.55. The molecule has 2 aromatic rings. The van der Waals surface area contributed by atoms with Gasteiger partial charge in [-0.3, -0.25) is 0 Å². The van der Waals surface area contributed by atoms with Crippen LogP contribution in [0.1, 0.15) is 24.3 Å². The highest BCUT2D eigenvalue weighted by Gasteiger charge is 2.16. The topological polar surface area (TPSA) is 97.4 Å². The highest BCUT2D eigenvalue weighted by Crippen LogP contribution is 2.13. The Labute approximate surface area is 117 Å². The van der Waals surface area contributed by atoms with Gasteiger partial charge < -0.3 is 14.2 Å². The summed E-state index contributed by atoms with van der Waals surface area (Å²) in [5, 5.41) is 2.98. The number of hydrogen-bond donors (Lipinski definition) is 2. The molecular weight excluding hydrogens is 282 g/mol. The van der Waals surface area contributed by atoms with Crippen LogP contribution in [0.15, 0.2) is 32.3 Å². The Morgan fingerprint density at radius 3 is 2.65 bits per heavy atom. The van der Waals surface area contributed by atoms with Gasteiger partial charge in [0.1, 0.15) is 11.5 Å². The van der Waals surface area contributed by atoms with Crippen molar-refractivity contribution in [2.24, 2.45) is 0 Å². The van der Waals surface area contributed by atoms with Gasteiger partial charge in [-0.15, -0.1) is 0 Å². The minimum Gasteiger partial charge on any atom is -0.447 e. The maximum Gasteiger partial charge on any atom is 0.273 e. The van der Waals surface area contributed by atoms with E-state index >= 15 is 0 Å². The molecule has 0 aliphatic rings. The monoisotopic (exact) mass is 299 g/mol. The third kappa shape index (κ3) is 3.47. The molecule has 20 heavy (non-hydrogen) atoms. The third-order valence-corrected chi connectivity index (χ3v) is 3.98. The largest absolute Gasteiger partial charge is 0.447 e. The number of aromatic nitrogens is 1. The van der Waals surface area contributed by atoms with Gasteiger partial charge >= 0.3 is 0 Å². The molecular formula is C12H17N3O4S. The summed E-state index contributed by atoms with van der Waals surface area (Å²) in [6.07, 6.45) is 2.50. The standard InChI is InChI=1S/C12H17N3O4S/c1-3-9-7-15-11(18-9)8-14-6-10-4-5-12(19-10)20(16,17)13-2/h4-5,7,13-14H,3,6,8H2,1-2H3. The molecule has 0 aliphatic heterocycles. The summed E-state index contributed by atoms with van der Waals surface area (Å²) in [6.45, 7) is 2.84.